The number of rotatable bonds is 12. The number of hydrogen-bond acceptors (Lipinski definition) is 8. The number of aliphatic imine (C=N–C) groups is 2. The highest BCUT2D eigenvalue weighted by atomic mass is 32.2. The van der Waals surface area contributed by atoms with Crippen molar-refractivity contribution in [1.29, 1.82) is 0 Å². The predicted octanol–water partition coefficient (Wildman–Crippen LogP) is 4.43. The van der Waals surface area contributed by atoms with Crippen molar-refractivity contribution in [2.24, 2.45) is 27.7 Å². The van der Waals surface area contributed by atoms with Crippen molar-refractivity contribution >= 4 is 31.9 Å². The number of fused-ring (bicyclic) bond motifs is 2. The third-order valence-electron chi connectivity index (χ3n) is 10.5. The maximum Gasteiger partial charge on any atom is 0.264 e. The van der Waals surface area contributed by atoms with Crippen molar-refractivity contribution < 1.29 is 25.9 Å². The SMILES string of the molecule is CC1=NC2CC(C3CCC4C(C3)N=C(C3CCCCC3)N4CCCCS(=O)(=O)O)CCC2N1CCCCS(=O)(=O)O. The van der Waals surface area contributed by atoms with Crippen LogP contribution < -0.4 is 0 Å². The fraction of sp³-hybridized carbons (Fsp3) is 0.931. The monoisotopic (exact) mass is 614 g/mol. The Morgan fingerprint density at radius 2 is 1.20 bits per heavy atom. The summed E-state index contributed by atoms with van der Waals surface area (Å²) >= 11 is 0. The summed E-state index contributed by atoms with van der Waals surface area (Å²) in [5, 5.41) is 0. The third-order valence-corrected chi connectivity index (χ3v) is 12.2. The van der Waals surface area contributed by atoms with Gasteiger partial charge in [0.1, 0.15) is 5.84 Å². The lowest BCUT2D eigenvalue weighted by Gasteiger charge is -2.43. The highest BCUT2D eigenvalue weighted by Gasteiger charge is 2.46. The zero-order valence-corrected chi connectivity index (χ0v) is 26.2. The van der Waals surface area contributed by atoms with Gasteiger partial charge in [0.15, 0.2) is 0 Å². The highest BCUT2D eigenvalue weighted by molar-refractivity contribution is 7.86. The van der Waals surface area contributed by atoms with Gasteiger partial charge in [0.25, 0.3) is 20.2 Å². The fourth-order valence-corrected chi connectivity index (χ4v) is 9.73. The van der Waals surface area contributed by atoms with Crippen molar-refractivity contribution in [3.05, 3.63) is 0 Å². The van der Waals surface area contributed by atoms with E-state index in [-0.39, 0.29) is 11.5 Å². The standard InChI is InChI=1S/C29H50N4O6S2/c1-21-30-25-19-23(11-13-27(25)32(21)15-5-7-17-40(34,35)36)24-12-14-28-26(20-24)31-29(22-9-3-2-4-10-22)33(28)16-6-8-18-41(37,38)39/h22-28H,2-20H2,1H3,(H,34,35,36)(H,37,38,39). The van der Waals surface area contributed by atoms with Gasteiger partial charge in [-0.3, -0.25) is 19.1 Å². The van der Waals surface area contributed by atoms with Gasteiger partial charge in [-0.1, -0.05) is 19.3 Å². The number of amidine groups is 2. The van der Waals surface area contributed by atoms with Crippen LogP contribution in [0.1, 0.15) is 103 Å². The van der Waals surface area contributed by atoms with Crippen LogP contribution in [0.5, 0.6) is 0 Å². The van der Waals surface area contributed by atoms with Gasteiger partial charge in [0.05, 0.1) is 41.5 Å². The van der Waals surface area contributed by atoms with E-state index in [0.29, 0.717) is 54.8 Å². The molecule has 0 radical (unpaired) electrons. The Balaban J connectivity index is 1.17. The summed E-state index contributed by atoms with van der Waals surface area (Å²) in [7, 11) is -7.81. The molecule has 0 aromatic heterocycles. The second-order valence-electron chi connectivity index (χ2n) is 13.3. The smallest absolute Gasteiger partial charge is 0.264 e. The summed E-state index contributed by atoms with van der Waals surface area (Å²) < 4.78 is 62.8. The molecule has 6 atom stereocenters. The molecule has 234 valence electrons. The molecular weight excluding hydrogens is 564 g/mol. The molecule has 5 rings (SSSR count). The maximum absolute atomic E-state index is 11.2. The Morgan fingerprint density at radius 3 is 1.76 bits per heavy atom. The minimum Gasteiger partial charge on any atom is -0.355 e. The van der Waals surface area contributed by atoms with E-state index >= 15 is 0 Å². The molecule has 2 N–H and O–H groups in total. The topological polar surface area (TPSA) is 140 Å². The molecule has 41 heavy (non-hydrogen) atoms. The largest absolute Gasteiger partial charge is 0.355 e. The molecule has 0 spiro atoms. The molecule has 5 aliphatic rings. The van der Waals surface area contributed by atoms with Crippen LogP contribution in [0.4, 0.5) is 0 Å². The van der Waals surface area contributed by atoms with Crippen molar-refractivity contribution in [3.8, 4) is 0 Å². The first kappa shape index (κ1) is 31.2. The molecule has 0 aromatic rings. The molecule has 2 heterocycles. The first-order chi connectivity index (χ1) is 19.5. The molecule has 3 aliphatic carbocycles. The average Bonchev–Trinajstić information content (AvgIpc) is 3.44. The zero-order chi connectivity index (χ0) is 29.2. The molecule has 0 aromatic carbocycles. The van der Waals surface area contributed by atoms with E-state index in [1.165, 1.54) is 50.8 Å². The van der Waals surface area contributed by atoms with Crippen molar-refractivity contribution in [2.75, 3.05) is 24.6 Å². The predicted molar refractivity (Wildman–Crippen MR) is 162 cm³/mol. The van der Waals surface area contributed by atoms with E-state index in [1.54, 1.807) is 0 Å². The van der Waals surface area contributed by atoms with Gasteiger partial charge in [-0.25, -0.2) is 0 Å². The summed E-state index contributed by atoms with van der Waals surface area (Å²) in [4.78, 5) is 15.4. The van der Waals surface area contributed by atoms with Gasteiger partial charge < -0.3 is 9.80 Å². The van der Waals surface area contributed by atoms with E-state index in [4.69, 9.17) is 19.1 Å². The van der Waals surface area contributed by atoms with Crippen molar-refractivity contribution in [1.82, 2.24) is 9.80 Å². The molecule has 3 saturated carbocycles. The van der Waals surface area contributed by atoms with Crippen LogP contribution in [-0.4, -0.2) is 96.2 Å². The Labute approximate surface area is 246 Å². The lowest BCUT2D eigenvalue weighted by atomic mass is 9.69. The summed E-state index contributed by atoms with van der Waals surface area (Å²) in [6, 6.07) is 1.49. The quantitative estimate of drug-likeness (QED) is 0.243. The summed E-state index contributed by atoms with van der Waals surface area (Å²) in [5.74, 6) is 3.86. The van der Waals surface area contributed by atoms with Gasteiger partial charge in [-0.05, 0) is 95.8 Å². The summed E-state index contributed by atoms with van der Waals surface area (Å²) in [5.41, 5.74) is 0. The van der Waals surface area contributed by atoms with E-state index in [1.807, 2.05) is 0 Å². The lowest BCUT2D eigenvalue weighted by Crippen LogP contribution is -2.47. The van der Waals surface area contributed by atoms with Crippen LogP contribution in [-0.2, 0) is 20.2 Å². The average molecular weight is 615 g/mol. The minimum atomic E-state index is -3.91. The lowest BCUT2D eigenvalue weighted by molar-refractivity contribution is 0.112. The second kappa shape index (κ2) is 13.2. The van der Waals surface area contributed by atoms with E-state index in [9.17, 15) is 16.8 Å². The number of hydrogen-bond donors (Lipinski definition) is 2. The minimum absolute atomic E-state index is 0.166. The Morgan fingerprint density at radius 1 is 0.683 bits per heavy atom. The number of unbranched alkanes of at least 4 members (excludes halogenated alkanes) is 2. The Kier molecular flexibility index (Phi) is 10.0. The van der Waals surface area contributed by atoms with Crippen LogP contribution >= 0.6 is 0 Å². The summed E-state index contributed by atoms with van der Waals surface area (Å²) in [6.07, 6.45) is 15.6. The third kappa shape index (κ3) is 8.03. The van der Waals surface area contributed by atoms with Gasteiger partial charge in [0.2, 0.25) is 0 Å². The van der Waals surface area contributed by atoms with Crippen LogP contribution in [0.3, 0.4) is 0 Å². The van der Waals surface area contributed by atoms with Gasteiger partial charge in [-0.2, -0.15) is 16.8 Å². The Bertz CT molecular complexity index is 1180. The van der Waals surface area contributed by atoms with Gasteiger partial charge >= 0.3 is 0 Å². The molecule has 10 nitrogen and oxygen atoms in total. The van der Waals surface area contributed by atoms with E-state index in [2.05, 4.69) is 16.7 Å². The Hall–Kier alpha value is -1.24. The number of nitrogens with zero attached hydrogens (tertiary/aromatic N) is 4. The zero-order valence-electron chi connectivity index (χ0n) is 24.6. The molecule has 0 amide bonds. The highest BCUT2D eigenvalue weighted by Crippen LogP contribution is 2.45. The molecule has 0 saturated heterocycles. The summed E-state index contributed by atoms with van der Waals surface area (Å²) in [6.45, 7) is 3.70. The fourth-order valence-electron chi connectivity index (χ4n) is 8.60. The normalized spacial score (nSPS) is 33.0. The van der Waals surface area contributed by atoms with Crippen LogP contribution in [0.25, 0.3) is 0 Å². The molecule has 2 aliphatic heterocycles. The van der Waals surface area contributed by atoms with Crippen molar-refractivity contribution in [2.45, 2.75) is 127 Å². The van der Waals surface area contributed by atoms with Crippen LogP contribution in [0.2, 0.25) is 0 Å². The molecule has 0 bridgehead atoms. The maximum atomic E-state index is 11.2. The first-order valence-electron chi connectivity index (χ1n) is 16.0. The first-order valence-corrected chi connectivity index (χ1v) is 19.3. The van der Waals surface area contributed by atoms with E-state index in [0.717, 1.165) is 57.5 Å². The van der Waals surface area contributed by atoms with Crippen LogP contribution in [0, 0.1) is 17.8 Å². The second-order valence-corrected chi connectivity index (χ2v) is 16.4. The van der Waals surface area contributed by atoms with Crippen LogP contribution in [0.15, 0.2) is 9.98 Å². The molecule has 12 heteroatoms. The van der Waals surface area contributed by atoms with Gasteiger partial charge in [0, 0.05) is 19.0 Å². The molecule has 6 unspecified atom stereocenters. The van der Waals surface area contributed by atoms with E-state index < -0.39 is 20.2 Å². The van der Waals surface area contributed by atoms with Crippen molar-refractivity contribution in [3.63, 3.8) is 0 Å². The van der Waals surface area contributed by atoms with Gasteiger partial charge in [-0.15, -0.1) is 0 Å². The molecule has 3 fully saturated rings. The molecular formula is C29H50N4O6S2.